The third-order valence-electron chi connectivity index (χ3n) is 3.57. The van der Waals surface area contributed by atoms with Crippen LogP contribution in [0.2, 0.25) is 0 Å². The van der Waals surface area contributed by atoms with Crippen LogP contribution in [0.25, 0.3) is 0 Å². The normalized spacial score (nSPS) is 16.6. The molecule has 98 valence electrons. The molecule has 18 heavy (non-hydrogen) atoms. The Morgan fingerprint density at radius 3 is 2.67 bits per heavy atom. The number of carbonyl (C=O) groups is 1. The molecule has 0 aliphatic heterocycles. The summed E-state index contributed by atoms with van der Waals surface area (Å²) in [6.45, 7) is 1.74. The summed E-state index contributed by atoms with van der Waals surface area (Å²) in [6.07, 6.45) is 5.58. The van der Waals surface area contributed by atoms with Gasteiger partial charge in [0, 0.05) is 24.8 Å². The number of H-pyrrole nitrogens is 1. The molecule has 1 N–H and O–H groups in total. The van der Waals surface area contributed by atoms with Crippen LogP contribution in [0.15, 0.2) is 10.9 Å². The molecule has 5 heteroatoms. The number of rotatable bonds is 2. The highest BCUT2D eigenvalue weighted by Gasteiger charge is 2.25. The monoisotopic (exact) mass is 249 g/mol. The lowest BCUT2D eigenvalue weighted by Gasteiger charge is -2.30. The molecule has 5 nitrogen and oxygen atoms in total. The van der Waals surface area contributed by atoms with Crippen LogP contribution in [0.1, 0.15) is 48.3 Å². The molecule has 1 aliphatic rings. The number of aromatic nitrogens is 2. The van der Waals surface area contributed by atoms with Crippen LogP contribution in [0.4, 0.5) is 0 Å². The Labute approximate surface area is 106 Å². The summed E-state index contributed by atoms with van der Waals surface area (Å²) in [5, 5.41) is 6.55. The Bertz CT molecular complexity index is 489. The first-order valence-corrected chi connectivity index (χ1v) is 6.43. The van der Waals surface area contributed by atoms with Crippen molar-refractivity contribution in [3.05, 3.63) is 27.7 Å². The second-order valence-corrected chi connectivity index (χ2v) is 4.97. The predicted molar refractivity (Wildman–Crippen MR) is 68.6 cm³/mol. The van der Waals surface area contributed by atoms with Gasteiger partial charge < -0.3 is 4.90 Å². The summed E-state index contributed by atoms with van der Waals surface area (Å²) in [4.78, 5) is 25.6. The summed E-state index contributed by atoms with van der Waals surface area (Å²) in [5.74, 6) is -0.275. The molecule has 1 aromatic heterocycles. The second-order valence-electron chi connectivity index (χ2n) is 4.97. The van der Waals surface area contributed by atoms with Gasteiger partial charge in [-0.15, -0.1) is 0 Å². The summed E-state index contributed by atoms with van der Waals surface area (Å²) < 4.78 is 0. The third-order valence-corrected chi connectivity index (χ3v) is 3.57. The Morgan fingerprint density at radius 1 is 1.39 bits per heavy atom. The van der Waals surface area contributed by atoms with Gasteiger partial charge in [0.1, 0.15) is 0 Å². The number of nitrogens with one attached hydrogen (secondary N) is 1. The van der Waals surface area contributed by atoms with Gasteiger partial charge >= 0.3 is 0 Å². The largest absolute Gasteiger partial charge is 0.337 e. The summed E-state index contributed by atoms with van der Waals surface area (Å²) in [7, 11) is 1.76. The Hall–Kier alpha value is -1.65. The maximum atomic E-state index is 12.2. The molecule has 2 rings (SSSR count). The van der Waals surface area contributed by atoms with Crippen LogP contribution >= 0.6 is 0 Å². The average molecular weight is 249 g/mol. The molecule has 1 amide bonds. The first kappa shape index (κ1) is 12.8. The highest BCUT2D eigenvalue weighted by Crippen LogP contribution is 2.22. The van der Waals surface area contributed by atoms with Crippen molar-refractivity contribution in [1.82, 2.24) is 15.1 Å². The van der Waals surface area contributed by atoms with Crippen molar-refractivity contribution in [2.45, 2.75) is 45.1 Å². The van der Waals surface area contributed by atoms with Crippen LogP contribution < -0.4 is 5.43 Å². The Balaban J connectivity index is 2.17. The third kappa shape index (κ3) is 2.60. The fourth-order valence-electron chi connectivity index (χ4n) is 2.45. The van der Waals surface area contributed by atoms with E-state index in [0.29, 0.717) is 5.69 Å². The molecule has 1 heterocycles. The quantitative estimate of drug-likeness (QED) is 0.863. The van der Waals surface area contributed by atoms with Gasteiger partial charge in [-0.3, -0.25) is 14.7 Å². The number of carbonyl (C=O) groups excluding carboxylic acids is 1. The van der Waals surface area contributed by atoms with Gasteiger partial charge in [-0.2, -0.15) is 5.10 Å². The molecule has 1 saturated carbocycles. The van der Waals surface area contributed by atoms with Crippen LogP contribution in [-0.4, -0.2) is 34.1 Å². The molecule has 0 aromatic carbocycles. The zero-order valence-corrected chi connectivity index (χ0v) is 10.9. The Morgan fingerprint density at radius 2 is 2.06 bits per heavy atom. The first-order valence-electron chi connectivity index (χ1n) is 6.43. The van der Waals surface area contributed by atoms with Crippen LogP contribution in [0.5, 0.6) is 0 Å². The molecule has 1 fully saturated rings. The lowest BCUT2D eigenvalue weighted by Crippen LogP contribution is -2.40. The van der Waals surface area contributed by atoms with Gasteiger partial charge in [0.25, 0.3) is 5.91 Å². The van der Waals surface area contributed by atoms with Gasteiger partial charge in [-0.05, 0) is 19.8 Å². The SMILES string of the molecule is Cc1cc(=O)c(C(=O)N(C)C2CCCCC2)n[nH]1. The number of hydrogen-bond acceptors (Lipinski definition) is 3. The molecule has 0 spiro atoms. The summed E-state index contributed by atoms with van der Waals surface area (Å²) >= 11 is 0. The van der Waals surface area contributed by atoms with Crippen LogP contribution in [0.3, 0.4) is 0 Å². The van der Waals surface area contributed by atoms with Gasteiger partial charge in [-0.1, -0.05) is 19.3 Å². The van der Waals surface area contributed by atoms with Gasteiger partial charge in [0.05, 0.1) is 0 Å². The van der Waals surface area contributed by atoms with Crippen molar-refractivity contribution >= 4 is 5.91 Å². The van der Waals surface area contributed by atoms with Crippen molar-refractivity contribution in [2.24, 2.45) is 0 Å². The minimum atomic E-state index is -0.307. The van der Waals surface area contributed by atoms with Gasteiger partial charge in [0.15, 0.2) is 5.69 Å². The van der Waals surface area contributed by atoms with E-state index in [1.807, 2.05) is 0 Å². The van der Waals surface area contributed by atoms with Crippen molar-refractivity contribution in [3.8, 4) is 0 Å². The van der Waals surface area contributed by atoms with Crippen LogP contribution in [-0.2, 0) is 0 Å². The van der Waals surface area contributed by atoms with E-state index in [1.165, 1.54) is 12.5 Å². The molecular formula is C13H19N3O2. The van der Waals surface area contributed by atoms with E-state index in [2.05, 4.69) is 10.2 Å². The van der Waals surface area contributed by atoms with E-state index in [0.717, 1.165) is 25.7 Å². The maximum absolute atomic E-state index is 12.2. The number of aryl methyl sites for hydroxylation is 1. The highest BCUT2D eigenvalue weighted by atomic mass is 16.2. The van der Waals surface area contributed by atoms with E-state index in [9.17, 15) is 9.59 Å². The molecule has 1 aromatic rings. The molecule has 1 aliphatic carbocycles. The van der Waals surface area contributed by atoms with Crippen LogP contribution in [0, 0.1) is 6.92 Å². The lowest BCUT2D eigenvalue weighted by molar-refractivity contribution is 0.0687. The van der Waals surface area contributed by atoms with E-state index >= 15 is 0 Å². The summed E-state index contributed by atoms with van der Waals surface area (Å²) in [5.41, 5.74) is 0.351. The molecule has 0 bridgehead atoms. The van der Waals surface area contributed by atoms with Gasteiger partial charge in [-0.25, -0.2) is 0 Å². The van der Waals surface area contributed by atoms with E-state index in [-0.39, 0.29) is 23.1 Å². The van der Waals surface area contributed by atoms with E-state index in [1.54, 1.807) is 18.9 Å². The minimum absolute atomic E-state index is 0.00586. The van der Waals surface area contributed by atoms with Crippen molar-refractivity contribution < 1.29 is 4.79 Å². The fraction of sp³-hybridized carbons (Fsp3) is 0.615. The lowest BCUT2D eigenvalue weighted by atomic mass is 9.94. The van der Waals surface area contributed by atoms with E-state index < -0.39 is 0 Å². The smallest absolute Gasteiger partial charge is 0.278 e. The highest BCUT2D eigenvalue weighted by molar-refractivity contribution is 5.92. The standard InChI is InChI=1S/C13H19N3O2/c1-9-8-11(17)12(15-14-9)13(18)16(2)10-6-4-3-5-7-10/h8,10H,3-7H2,1-2H3,(H,14,17). The molecule has 0 atom stereocenters. The zero-order valence-electron chi connectivity index (χ0n) is 10.9. The van der Waals surface area contributed by atoms with E-state index in [4.69, 9.17) is 0 Å². The first-order chi connectivity index (χ1) is 8.59. The maximum Gasteiger partial charge on any atom is 0.278 e. The molecule has 0 saturated heterocycles. The molecule has 0 radical (unpaired) electrons. The number of nitrogens with zero attached hydrogens (tertiary/aromatic N) is 2. The van der Waals surface area contributed by atoms with Gasteiger partial charge in [0.2, 0.25) is 5.43 Å². The van der Waals surface area contributed by atoms with Crippen molar-refractivity contribution in [2.75, 3.05) is 7.05 Å². The Kier molecular flexibility index (Phi) is 3.79. The zero-order chi connectivity index (χ0) is 13.1. The number of amides is 1. The summed E-state index contributed by atoms with van der Waals surface area (Å²) in [6, 6.07) is 1.66. The second kappa shape index (κ2) is 5.33. The van der Waals surface area contributed by atoms with Crippen molar-refractivity contribution in [1.29, 1.82) is 0 Å². The molecular weight excluding hydrogens is 230 g/mol. The molecule has 0 unspecified atom stereocenters. The average Bonchev–Trinajstić information content (AvgIpc) is 2.38. The predicted octanol–water partition coefficient (Wildman–Crippen LogP) is 1.48. The van der Waals surface area contributed by atoms with Crippen molar-refractivity contribution in [3.63, 3.8) is 0 Å². The number of hydrogen-bond donors (Lipinski definition) is 1. The topological polar surface area (TPSA) is 66.1 Å². The number of aromatic amines is 1. The minimum Gasteiger partial charge on any atom is -0.337 e. The fourth-order valence-corrected chi connectivity index (χ4v) is 2.45.